The molecule has 1 unspecified atom stereocenters. The summed E-state index contributed by atoms with van der Waals surface area (Å²) in [5, 5.41) is 2.84. The number of hydrogen-bond acceptors (Lipinski definition) is 2. The third-order valence-corrected chi connectivity index (χ3v) is 2.49. The van der Waals surface area contributed by atoms with Gasteiger partial charge in [0.15, 0.2) is 0 Å². The highest BCUT2D eigenvalue weighted by molar-refractivity contribution is 5.80. The molecule has 3 nitrogen and oxygen atoms in total. The molecule has 1 heterocycles. The van der Waals surface area contributed by atoms with Crippen LogP contribution in [0.15, 0.2) is 35.6 Å². The van der Waals surface area contributed by atoms with E-state index >= 15 is 0 Å². The van der Waals surface area contributed by atoms with E-state index in [-0.39, 0.29) is 5.91 Å². The van der Waals surface area contributed by atoms with Gasteiger partial charge in [0.05, 0.1) is 5.54 Å². The van der Waals surface area contributed by atoms with E-state index in [1.165, 1.54) is 0 Å². The summed E-state index contributed by atoms with van der Waals surface area (Å²) >= 11 is 0. The number of amides is 1. The van der Waals surface area contributed by atoms with Gasteiger partial charge < -0.3 is 11.1 Å². The molecule has 0 aromatic rings. The standard InChI is InChI=1S/C11H14N2O/c1-11(12)6-4-8-2-3-10(14)13-9(8)5-7-11/h4-7H,2-3,12H2,1H3,(H,13,14). The first-order valence-electron chi connectivity index (χ1n) is 4.77. The van der Waals surface area contributed by atoms with Crippen LogP contribution in [0, 0.1) is 0 Å². The SMILES string of the molecule is CC1(N)C=CC2=C(C=C1)NC(=O)CC2. The van der Waals surface area contributed by atoms with Crippen molar-refractivity contribution in [1.82, 2.24) is 5.32 Å². The van der Waals surface area contributed by atoms with E-state index in [1.54, 1.807) is 0 Å². The molecule has 3 N–H and O–H groups in total. The van der Waals surface area contributed by atoms with Crippen molar-refractivity contribution in [2.24, 2.45) is 5.73 Å². The normalized spacial score (nSPS) is 31.1. The van der Waals surface area contributed by atoms with E-state index in [9.17, 15) is 4.79 Å². The van der Waals surface area contributed by atoms with Crippen LogP contribution in [-0.4, -0.2) is 11.4 Å². The van der Waals surface area contributed by atoms with Crippen LogP contribution >= 0.6 is 0 Å². The largest absolute Gasteiger partial charge is 0.326 e. The molecule has 0 spiro atoms. The molecule has 0 bridgehead atoms. The molecule has 0 aromatic heterocycles. The number of nitrogens with one attached hydrogen (secondary N) is 1. The van der Waals surface area contributed by atoms with Gasteiger partial charge >= 0.3 is 0 Å². The quantitative estimate of drug-likeness (QED) is 0.598. The predicted molar refractivity (Wildman–Crippen MR) is 55.3 cm³/mol. The van der Waals surface area contributed by atoms with Crippen LogP contribution in [0.2, 0.25) is 0 Å². The first-order chi connectivity index (χ1) is 6.57. The van der Waals surface area contributed by atoms with Crippen LogP contribution in [0.3, 0.4) is 0 Å². The Morgan fingerprint density at radius 2 is 2.07 bits per heavy atom. The topological polar surface area (TPSA) is 55.1 Å². The number of allylic oxidation sites excluding steroid dienone is 3. The molecule has 1 amide bonds. The lowest BCUT2D eigenvalue weighted by Crippen LogP contribution is -2.30. The molecule has 1 aliphatic carbocycles. The van der Waals surface area contributed by atoms with Crippen LogP contribution < -0.4 is 11.1 Å². The highest BCUT2D eigenvalue weighted by Crippen LogP contribution is 2.22. The van der Waals surface area contributed by atoms with Crippen LogP contribution in [0.25, 0.3) is 0 Å². The van der Waals surface area contributed by atoms with Gasteiger partial charge in [-0.15, -0.1) is 0 Å². The molecule has 14 heavy (non-hydrogen) atoms. The highest BCUT2D eigenvalue weighted by Gasteiger charge is 2.19. The van der Waals surface area contributed by atoms with Gasteiger partial charge in [-0.3, -0.25) is 4.79 Å². The summed E-state index contributed by atoms with van der Waals surface area (Å²) in [6, 6.07) is 0. The molecular weight excluding hydrogens is 176 g/mol. The van der Waals surface area contributed by atoms with E-state index in [0.717, 1.165) is 17.7 Å². The summed E-state index contributed by atoms with van der Waals surface area (Å²) in [5.41, 5.74) is 7.60. The summed E-state index contributed by atoms with van der Waals surface area (Å²) in [5.74, 6) is 0.0856. The van der Waals surface area contributed by atoms with E-state index in [4.69, 9.17) is 5.73 Å². The van der Waals surface area contributed by atoms with E-state index in [1.807, 2.05) is 31.2 Å². The molecule has 2 rings (SSSR count). The maximum absolute atomic E-state index is 11.2. The predicted octanol–water partition coefficient (Wildman–Crippen LogP) is 0.994. The van der Waals surface area contributed by atoms with Crippen molar-refractivity contribution in [3.63, 3.8) is 0 Å². The van der Waals surface area contributed by atoms with Crippen molar-refractivity contribution in [2.75, 3.05) is 0 Å². The van der Waals surface area contributed by atoms with Gasteiger partial charge in [-0.25, -0.2) is 0 Å². The Morgan fingerprint density at radius 3 is 2.86 bits per heavy atom. The van der Waals surface area contributed by atoms with Crippen LogP contribution in [-0.2, 0) is 4.79 Å². The Balaban J connectivity index is 2.34. The molecule has 1 aliphatic heterocycles. The van der Waals surface area contributed by atoms with E-state index < -0.39 is 5.54 Å². The Kier molecular flexibility index (Phi) is 2.04. The third kappa shape index (κ3) is 1.77. The molecular formula is C11H14N2O. The van der Waals surface area contributed by atoms with Gasteiger partial charge in [0.2, 0.25) is 5.91 Å². The van der Waals surface area contributed by atoms with Crippen molar-refractivity contribution in [2.45, 2.75) is 25.3 Å². The second-order valence-corrected chi connectivity index (χ2v) is 4.02. The summed E-state index contributed by atoms with van der Waals surface area (Å²) in [6.07, 6.45) is 9.14. The molecule has 0 aromatic carbocycles. The smallest absolute Gasteiger partial charge is 0.224 e. The van der Waals surface area contributed by atoms with Gasteiger partial charge in [0, 0.05) is 12.1 Å². The lowest BCUT2D eigenvalue weighted by Gasteiger charge is -2.15. The van der Waals surface area contributed by atoms with Crippen molar-refractivity contribution in [3.05, 3.63) is 35.6 Å². The summed E-state index contributed by atoms with van der Waals surface area (Å²) in [7, 11) is 0. The van der Waals surface area contributed by atoms with Crippen LogP contribution in [0.5, 0.6) is 0 Å². The second-order valence-electron chi connectivity index (χ2n) is 4.02. The number of carbonyl (C=O) groups is 1. The van der Waals surface area contributed by atoms with Crippen LogP contribution in [0.1, 0.15) is 19.8 Å². The van der Waals surface area contributed by atoms with E-state index in [0.29, 0.717) is 6.42 Å². The highest BCUT2D eigenvalue weighted by atomic mass is 16.1. The fourth-order valence-corrected chi connectivity index (χ4v) is 1.60. The first-order valence-corrected chi connectivity index (χ1v) is 4.77. The maximum atomic E-state index is 11.2. The molecule has 3 heteroatoms. The second kappa shape index (κ2) is 3.10. The molecule has 0 fully saturated rings. The van der Waals surface area contributed by atoms with E-state index in [2.05, 4.69) is 5.32 Å². The summed E-state index contributed by atoms with van der Waals surface area (Å²) < 4.78 is 0. The Hall–Kier alpha value is -1.35. The van der Waals surface area contributed by atoms with Crippen LogP contribution in [0.4, 0.5) is 0 Å². The van der Waals surface area contributed by atoms with Crippen molar-refractivity contribution >= 4 is 5.91 Å². The molecule has 74 valence electrons. The molecule has 2 aliphatic rings. The van der Waals surface area contributed by atoms with Crippen molar-refractivity contribution in [1.29, 1.82) is 0 Å². The average Bonchev–Trinajstić information content (AvgIpc) is 2.26. The van der Waals surface area contributed by atoms with Gasteiger partial charge in [-0.1, -0.05) is 18.2 Å². The first kappa shape index (κ1) is 9.21. The number of hydrogen-bond donors (Lipinski definition) is 2. The zero-order chi connectivity index (χ0) is 10.2. The van der Waals surface area contributed by atoms with Crippen molar-refractivity contribution in [3.8, 4) is 0 Å². The zero-order valence-electron chi connectivity index (χ0n) is 8.21. The molecule has 0 saturated carbocycles. The Bertz CT molecular complexity index is 361. The molecule has 1 atom stereocenters. The Labute approximate surface area is 83.4 Å². The minimum absolute atomic E-state index is 0.0856. The maximum Gasteiger partial charge on any atom is 0.224 e. The average molecular weight is 190 g/mol. The minimum atomic E-state index is -0.415. The minimum Gasteiger partial charge on any atom is -0.326 e. The summed E-state index contributed by atoms with van der Waals surface area (Å²) in [6.45, 7) is 1.93. The zero-order valence-corrected chi connectivity index (χ0v) is 8.21. The van der Waals surface area contributed by atoms with Gasteiger partial charge in [-0.05, 0) is 25.0 Å². The fourth-order valence-electron chi connectivity index (χ4n) is 1.60. The molecule has 0 radical (unpaired) electrons. The monoisotopic (exact) mass is 190 g/mol. The van der Waals surface area contributed by atoms with Gasteiger partial charge in [-0.2, -0.15) is 0 Å². The number of nitrogens with two attached hydrogens (primary N) is 1. The summed E-state index contributed by atoms with van der Waals surface area (Å²) in [4.78, 5) is 11.2. The lowest BCUT2D eigenvalue weighted by atomic mass is 10.0. The lowest BCUT2D eigenvalue weighted by molar-refractivity contribution is -0.120. The Morgan fingerprint density at radius 1 is 1.36 bits per heavy atom. The van der Waals surface area contributed by atoms with Gasteiger partial charge in [0.25, 0.3) is 0 Å². The van der Waals surface area contributed by atoms with Gasteiger partial charge in [0.1, 0.15) is 0 Å². The number of carbonyl (C=O) groups excluding carboxylic acids is 1. The molecule has 0 saturated heterocycles. The number of rotatable bonds is 0. The fraction of sp³-hybridized carbons (Fsp3) is 0.364. The van der Waals surface area contributed by atoms with Crippen molar-refractivity contribution < 1.29 is 4.79 Å². The third-order valence-electron chi connectivity index (χ3n) is 2.49.